The van der Waals surface area contributed by atoms with E-state index in [9.17, 15) is 18.0 Å². The Bertz CT molecular complexity index is 607. The van der Waals surface area contributed by atoms with Gasteiger partial charge >= 0.3 is 12.1 Å². The molecule has 0 bridgehead atoms. The number of benzene rings is 1. The largest absolute Gasteiger partial charge is 0.564 e. The van der Waals surface area contributed by atoms with Gasteiger partial charge in [-0.2, -0.15) is 13.2 Å². The number of carboxylic acid groups (broad SMARTS) is 1. The molecule has 143 valence electrons. The fourth-order valence-electron chi connectivity index (χ4n) is 1.80. The first-order valence-corrected chi connectivity index (χ1v) is 10.9. The van der Waals surface area contributed by atoms with Crippen LogP contribution in [0.3, 0.4) is 0 Å². The molecule has 1 rings (SSSR count). The number of rotatable bonds is 7. The van der Waals surface area contributed by atoms with E-state index in [2.05, 4.69) is 33.9 Å². The first-order valence-electron chi connectivity index (χ1n) is 7.97. The maximum absolute atomic E-state index is 13.1. The summed E-state index contributed by atoms with van der Waals surface area (Å²) >= 11 is 0. The molecule has 0 radical (unpaired) electrons. The number of hydrogen-bond acceptors (Lipinski definition) is 3. The van der Waals surface area contributed by atoms with E-state index in [-0.39, 0.29) is 17.4 Å². The molecule has 0 unspecified atom stereocenters. The van der Waals surface area contributed by atoms with Crippen molar-refractivity contribution in [3.63, 3.8) is 0 Å². The van der Waals surface area contributed by atoms with Gasteiger partial charge in [0.2, 0.25) is 0 Å². The topological polar surface area (TPSA) is 55.8 Å². The monoisotopic (exact) mass is 378 g/mol. The van der Waals surface area contributed by atoms with Gasteiger partial charge in [-0.3, -0.25) is 0 Å². The molecule has 0 heterocycles. The molecule has 1 N–H and O–H groups in total. The maximum atomic E-state index is 13.1. The van der Waals surface area contributed by atoms with Crippen LogP contribution < -0.4 is 4.74 Å². The van der Waals surface area contributed by atoms with Gasteiger partial charge in [0.15, 0.2) is 0 Å². The number of carbonyl (C=O) groups is 1. The molecule has 0 aromatic heterocycles. The molecule has 0 aliphatic rings. The van der Waals surface area contributed by atoms with Crippen molar-refractivity contribution in [2.45, 2.75) is 51.5 Å². The Hall–Kier alpha value is -1.54. The van der Waals surface area contributed by atoms with Crippen LogP contribution in [-0.2, 0) is 10.6 Å². The third kappa shape index (κ3) is 6.04. The first-order chi connectivity index (χ1) is 11.3. The van der Waals surface area contributed by atoms with Crippen LogP contribution in [0.5, 0.6) is 5.75 Å². The average Bonchev–Trinajstić information content (AvgIpc) is 2.44. The van der Waals surface area contributed by atoms with Crippen LogP contribution in [0.2, 0.25) is 18.1 Å². The summed E-state index contributed by atoms with van der Waals surface area (Å²) in [5, 5.41) is 8.89. The SMILES string of the molecule is CC(C)(C)[Si-](C)(C)OCCCOc1ccc(C(=O)O)cc1C(F)(F)F. The van der Waals surface area contributed by atoms with Crippen LogP contribution in [0.25, 0.3) is 0 Å². The summed E-state index contributed by atoms with van der Waals surface area (Å²) in [6.07, 6.45) is -4.23. The highest BCUT2D eigenvalue weighted by molar-refractivity contribution is 6.74. The molecule has 0 spiro atoms. The molecule has 0 saturated heterocycles. The van der Waals surface area contributed by atoms with Crippen LogP contribution in [0.1, 0.15) is 43.1 Å². The molecule has 1 aromatic rings. The van der Waals surface area contributed by atoms with E-state index in [0.29, 0.717) is 19.1 Å². The minimum absolute atomic E-state index is 0.0595. The average molecular weight is 378 g/mol. The Morgan fingerprint density at radius 1 is 1.16 bits per heavy atom. The van der Waals surface area contributed by atoms with E-state index < -0.39 is 31.6 Å². The number of alkyl halides is 3. The van der Waals surface area contributed by atoms with Gasteiger partial charge in [-0.25, -0.2) is 4.79 Å². The zero-order valence-corrected chi connectivity index (χ0v) is 16.2. The Morgan fingerprint density at radius 3 is 2.24 bits per heavy atom. The number of aromatic carboxylic acids is 1. The van der Waals surface area contributed by atoms with E-state index in [1.165, 1.54) is 0 Å². The quantitative estimate of drug-likeness (QED) is 0.524. The molecule has 4 nitrogen and oxygen atoms in total. The maximum Gasteiger partial charge on any atom is 0.419 e. The fraction of sp³-hybridized carbons (Fsp3) is 0.588. The molecule has 0 aliphatic carbocycles. The van der Waals surface area contributed by atoms with Crippen molar-refractivity contribution >= 4 is 14.3 Å². The van der Waals surface area contributed by atoms with Gasteiger partial charge in [-0.1, -0.05) is 20.8 Å². The van der Waals surface area contributed by atoms with Gasteiger partial charge in [-0.05, 0) is 26.5 Å². The number of halogens is 3. The first kappa shape index (κ1) is 21.5. The number of carboxylic acids is 1. The zero-order valence-electron chi connectivity index (χ0n) is 15.2. The third-order valence-corrected chi connectivity index (χ3v) is 8.89. The molecular weight excluding hydrogens is 353 g/mol. The zero-order chi connectivity index (χ0) is 19.5. The summed E-state index contributed by atoms with van der Waals surface area (Å²) in [7, 11) is -1.90. The summed E-state index contributed by atoms with van der Waals surface area (Å²) in [5.41, 5.74) is -1.52. The standard InChI is InChI=1S/C17H25F3O4Si/c1-16(2,3)25(4,5)24-10-6-9-23-14-8-7-12(15(21)22)11-13(14)17(18,19)20/h7-8,11H,6,9-10H2,1-5H3,(H,21,22)/q-1. The van der Waals surface area contributed by atoms with E-state index in [1.54, 1.807) is 0 Å². The lowest BCUT2D eigenvalue weighted by Gasteiger charge is -2.48. The van der Waals surface area contributed by atoms with Crippen LogP contribution in [0.15, 0.2) is 18.2 Å². The highest BCUT2D eigenvalue weighted by Crippen LogP contribution is 2.38. The van der Waals surface area contributed by atoms with Crippen molar-refractivity contribution in [1.29, 1.82) is 0 Å². The smallest absolute Gasteiger partial charge is 0.419 e. The molecule has 25 heavy (non-hydrogen) atoms. The van der Waals surface area contributed by atoms with Crippen molar-refractivity contribution in [3.8, 4) is 5.75 Å². The van der Waals surface area contributed by atoms with Crippen molar-refractivity contribution in [2.75, 3.05) is 13.2 Å². The molecule has 0 amide bonds. The predicted octanol–water partition coefficient (Wildman–Crippen LogP) is 5.19. The lowest BCUT2D eigenvalue weighted by atomic mass is 10.1. The van der Waals surface area contributed by atoms with E-state index >= 15 is 0 Å². The second-order valence-corrected chi connectivity index (χ2v) is 12.1. The van der Waals surface area contributed by atoms with Crippen LogP contribution in [0, 0.1) is 0 Å². The van der Waals surface area contributed by atoms with E-state index in [1.807, 2.05) is 0 Å². The minimum Gasteiger partial charge on any atom is -0.564 e. The van der Waals surface area contributed by atoms with E-state index in [0.717, 1.165) is 12.1 Å². The second-order valence-electron chi connectivity index (χ2n) is 7.32. The summed E-state index contributed by atoms with van der Waals surface area (Å²) in [4.78, 5) is 10.8. The summed E-state index contributed by atoms with van der Waals surface area (Å²) in [6, 6.07) is 2.73. The van der Waals surface area contributed by atoms with Crippen molar-refractivity contribution < 1.29 is 32.2 Å². The van der Waals surface area contributed by atoms with Crippen molar-refractivity contribution in [2.24, 2.45) is 0 Å². The van der Waals surface area contributed by atoms with Crippen molar-refractivity contribution in [1.82, 2.24) is 0 Å². The lowest BCUT2D eigenvalue weighted by molar-refractivity contribution is -0.139. The molecule has 0 aliphatic heterocycles. The minimum atomic E-state index is -4.68. The van der Waals surface area contributed by atoms with Gasteiger partial charge in [-0.15, -0.1) is 18.1 Å². The van der Waals surface area contributed by atoms with Crippen LogP contribution >= 0.6 is 0 Å². The van der Waals surface area contributed by atoms with Gasteiger partial charge in [0.05, 0.1) is 17.7 Å². The van der Waals surface area contributed by atoms with Crippen LogP contribution in [0.4, 0.5) is 13.2 Å². The fourth-order valence-corrected chi connectivity index (χ4v) is 2.88. The molecule has 8 heteroatoms. The second kappa shape index (κ2) is 7.78. The summed E-state index contributed by atoms with van der Waals surface area (Å²) in [6.45, 7) is 11.0. The third-order valence-electron chi connectivity index (χ3n) is 4.35. The Labute approximate surface area is 147 Å². The highest BCUT2D eigenvalue weighted by Gasteiger charge is 2.35. The van der Waals surface area contributed by atoms with Crippen LogP contribution in [-0.4, -0.2) is 32.6 Å². The Morgan fingerprint density at radius 2 is 1.76 bits per heavy atom. The van der Waals surface area contributed by atoms with E-state index in [4.69, 9.17) is 14.3 Å². The van der Waals surface area contributed by atoms with Gasteiger partial charge in [0.25, 0.3) is 0 Å². The highest BCUT2D eigenvalue weighted by atomic mass is 28.4. The Kier molecular flexibility index (Phi) is 6.69. The molecule has 0 fully saturated rings. The number of ether oxygens (including phenoxy) is 1. The van der Waals surface area contributed by atoms with Gasteiger partial charge < -0.3 is 14.3 Å². The predicted molar refractivity (Wildman–Crippen MR) is 91.7 cm³/mol. The summed E-state index contributed by atoms with van der Waals surface area (Å²) < 4.78 is 50.3. The lowest BCUT2D eigenvalue weighted by Crippen LogP contribution is -2.41. The molecule has 0 atom stereocenters. The molecular formula is C17H25F3O4Si-. The normalized spacial score (nSPS) is 13.0. The van der Waals surface area contributed by atoms with Crippen molar-refractivity contribution in [3.05, 3.63) is 29.3 Å². The summed E-state index contributed by atoms with van der Waals surface area (Å²) in [5.74, 6) is -1.79. The molecule has 0 saturated carbocycles. The van der Waals surface area contributed by atoms with Gasteiger partial charge in [0.1, 0.15) is 5.75 Å². The van der Waals surface area contributed by atoms with Gasteiger partial charge in [0, 0.05) is 13.0 Å². The number of hydrogen-bond donors (Lipinski definition) is 1. The Balaban J connectivity index is 2.68. The molecule has 1 aromatic carbocycles.